The summed E-state index contributed by atoms with van der Waals surface area (Å²) in [6, 6.07) is 23.5. The minimum atomic E-state index is -0.444. The van der Waals surface area contributed by atoms with E-state index in [0.29, 0.717) is 24.3 Å². The fraction of sp³-hybridized carbons (Fsp3) is 0.500. The smallest absolute Gasteiger partial charge is 0.339 e. The highest BCUT2D eigenvalue weighted by molar-refractivity contribution is 6.03. The molecule has 3 rings (SSSR count). The summed E-state index contributed by atoms with van der Waals surface area (Å²) in [5.74, 6) is -0.888. The minimum Gasteiger partial charge on any atom is -0.462 e. The molecule has 3 aromatic rings. The number of carbonyl (C=O) groups is 2. The highest BCUT2D eigenvalue weighted by atomic mass is 16.5. The van der Waals surface area contributed by atoms with Crippen molar-refractivity contribution < 1.29 is 29.3 Å². The van der Waals surface area contributed by atoms with Crippen LogP contribution in [-0.2, 0) is 9.47 Å². The molecule has 0 saturated heterocycles. The van der Waals surface area contributed by atoms with Crippen LogP contribution in [0.5, 0.6) is 0 Å². The van der Waals surface area contributed by atoms with Gasteiger partial charge in [0.05, 0.1) is 37.6 Å². The van der Waals surface area contributed by atoms with Crippen molar-refractivity contribution in [2.45, 2.75) is 90.9 Å². The van der Waals surface area contributed by atoms with Gasteiger partial charge in [-0.25, -0.2) is 9.59 Å². The number of ether oxygens (including phenoxy) is 2. The highest BCUT2D eigenvalue weighted by Crippen LogP contribution is 2.14. The summed E-state index contributed by atoms with van der Waals surface area (Å²) in [4.78, 5) is 24.7. The van der Waals surface area contributed by atoms with Crippen molar-refractivity contribution in [2.75, 3.05) is 26.4 Å². The van der Waals surface area contributed by atoms with Crippen molar-refractivity contribution >= 4 is 22.7 Å². The molecule has 2 N–H and O–H groups in total. The van der Waals surface area contributed by atoms with Gasteiger partial charge in [-0.05, 0) is 35.7 Å². The number of aliphatic hydroxyl groups excluding tert-OH is 2. The molecule has 6 nitrogen and oxygen atoms in total. The van der Waals surface area contributed by atoms with Crippen LogP contribution in [0, 0.1) is 0 Å². The fourth-order valence-corrected chi connectivity index (χ4v) is 4.22. The summed E-state index contributed by atoms with van der Waals surface area (Å²) in [7, 11) is 0. The van der Waals surface area contributed by atoms with E-state index in [2.05, 4.69) is 62.4 Å². The number of unbranched alkanes of at least 4 members (excludes halogenated alkanes) is 10. The van der Waals surface area contributed by atoms with E-state index in [1.54, 1.807) is 24.3 Å². The highest BCUT2D eigenvalue weighted by Gasteiger charge is 2.18. The Morgan fingerprint density at radius 1 is 0.500 bits per heavy atom. The average molecular weight is 581 g/mol. The molecule has 0 spiro atoms. The maximum absolute atomic E-state index is 12.4. The van der Waals surface area contributed by atoms with Crippen LogP contribution < -0.4 is 0 Å². The predicted octanol–water partition coefficient (Wildman–Crippen LogP) is 8.53. The number of carbonyl (C=O) groups excluding carboxylic acids is 2. The van der Waals surface area contributed by atoms with E-state index >= 15 is 0 Å². The van der Waals surface area contributed by atoms with Crippen LogP contribution in [-0.4, -0.2) is 48.6 Å². The molecule has 0 fully saturated rings. The summed E-state index contributed by atoms with van der Waals surface area (Å²) in [5.41, 5.74) is 0.586. The van der Waals surface area contributed by atoms with Crippen LogP contribution in [0.1, 0.15) is 112 Å². The second kappa shape index (κ2) is 25.5. The van der Waals surface area contributed by atoms with Gasteiger partial charge >= 0.3 is 11.9 Å². The van der Waals surface area contributed by atoms with Crippen LogP contribution in [0.3, 0.4) is 0 Å². The van der Waals surface area contributed by atoms with Gasteiger partial charge in [0, 0.05) is 0 Å². The van der Waals surface area contributed by atoms with Crippen molar-refractivity contribution in [3.63, 3.8) is 0 Å². The first-order chi connectivity index (χ1) is 20.6. The van der Waals surface area contributed by atoms with E-state index in [-0.39, 0.29) is 13.2 Å². The SMILES string of the molecule is CCCCCCCCOC(=O)c1ccccc1C(=O)OCCCCCCCC.OCCO.c1ccc2ccccc2c1. The van der Waals surface area contributed by atoms with E-state index in [1.807, 2.05) is 0 Å². The Morgan fingerprint density at radius 3 is 1.14 bits per heavy atom. The first-order valence-electron chi connectivity index (χ1n) is 15.7. The lowest BCUT2D eigenvalue weighted by Crippen LogP contribution is -2.15. The van der Waals surface area contributed by atoms with Crippen LogP contribution in [0.2, 0.25) is 0 Å². The van der Waals surface area contributed by atoms with E-state index in [4.69, 9.17) is 19.7 Å². The lowest BCUT2D eigenvalue weighted by atomic mass is 10.1. The summed E-state index contributed by atoms with van der Waals surface area (Å²) >= 11 is 0. The lowest BCUT2D eigenvalue weighted by molar-refractivity contribution is 0.0450. The lowest BCUT2D eigenvalue weighted by Gasteiger charge is -2.10. The first kappa shape index (κ1) is 36.8. The van der Waals surface area contributed by atoms with Crippen molar-refractivity contribution in [2.24, 2.45) is 0 Å². The molecule has 0 bridgehead atoms. The molecule has 0 saturated carbocycles. The van der Waals surface area contributed by atoms with Gasteiger partial charge in [0.25, 0.3) is 0 Å². The molecule has 0 aromatic heterocycles. The predicted molar refractivity (Wildman–Crippen MR) is 172 cm³/mol. The Hall–Kier alpha value is -3.22. The monoisotopic (exact) mass is 580 g/mol. The van der Waals surface area contributed by atoms with Gasteiger partial charge in [-0.1, -0.05) is 139 Å². The third kappa shape index (κ3) is 16.9. The van der Waals surface area contributed by atoms with E-state index in [9.17, 15) is 9.59 Å². The number of hydrogen-bond acceptors (Lipinski definition) is 6. The summed E-state index contributed by atoms with van der Waals surface area (Å²) in [6.45, 7) is 4.92. The Bertz CT molecular complexity index is 980. The van der Waals surface area contributed by atoms with E-state index in [0.717, 1.165) is 25.7 Å². The number of esters is 2. The van der Waals surface area contributed by atoms with Gasteiger partial charge in [0.1, 0.15) is 0 Å². The number of fused-ring (bicyclic) bond motifs is 1. The zero-order valence-electron chi connectivity index (χ0n) is 25.8. The van der Waals surface area contributed by atoms with E-state index in [1.165, 1.54) is 62.1 Å². The quantitative estimate of drug-likeness (QED) is 0.123. The maximum Gasteiger partial charge on any atom is 0.339 e. The molecule has 0 aliphatic rings. The number of hydrogen-bond donors (Lipinski definition) is 2. The van der Waals surface area contributed by atoms with Crippen LogP contribution in [0.15, 0.2) is 72.8 Å². The van der Waals surface area contributed by atoms with E-state index < -0.39 is 11.9 Å². The van der Waals surface area contributed by atoms with Gasteiger partial charge in [-0.2, -0.15) is 0 Å². The maximum atomic E-state index is 12.4. The van der Waals surface area contributed by atoms with Gasteiger partial charge in [-0.3, -0.25) is 0 Å². The molecule has 6 heteroatoms. The second-order valence-corrected chi connectivity index (χ2v) is 10.1. The van der Waals surface area contributed by atoms with Gasteiger partial charge < -0.3 is 19.7 Å². The minimum absolute atomic E-state index is 0.125. The summed E-state index contributed by atoms with van der Waals surface area (Å²) in [6.07, 6.45) is 13.6. The zero-order chi connectivity index (χ0) is 30.7. The largest absolute Gasteiger partial charge is 0.462 e. The van der Waals surface area contributed by atoms with Crippen LogP contribution >= 0.6 is 0 Å². The van der Waals surface area contributed by atoms with Gasteiger partial charge in [0.2, 0.25) is 0 Å². The van der Waals surface area contributed by atoms with Crippen LogP contribution in [0.25, 0.3) is 10.8 Å². The Morgan fingerprint density at radius 2 is 0.810 bits per heavy atom. The second-order valence-electron chi connectivity index (χ2n) is 10.1. The van der Waals surface area contributed by atoms with Crippen molar-refractivity contribution in [3.05, 3.63) is 83.9 Å². The normalized spacial score (nSPS) is 10.2. The first-order valence-corrected chi connectivity index (χ1v) is 15.7. The topological polar surface area (TPSA) is 93.1 Å². The van der Waals surface area contributed by atoms with Crippen molar-refractivity contribution in [1.82, 2.24) is 0 Å². The zero-order valence-corrected chi connectivity index (χ0v) is 25.8. The average Bonchev–Trinajstić information content (AvgIpc) is 3.04. The molecule has 0 unspecified atom stereocenters. The third-order valence-corrected chi connectivity index (χ3v) is 6.59. The molecule has 3 aromatic carbocycles. The molecule has 0 radical (unpaired) electrons. The number of aliphatic hydroxyl groups is 2. The summed E-state index contributed by atoms with van der Waals surface area (Å²) < 4.78 is 10.7. The van der Waals surface area contributed by atoms with Crippen LogP contribution in [0.4, 0.5) is 0 Å². The molecule has 0 aliphatic carbocycles. The van der Waals surface area contributed by atoms with Crippen molar-refractivity contribution in [3.8, 4) is 0 Å². The molecule has 0 aliphatic heterocycles. The third-order valence-electron chi connectivity index (χ3n) is 6.59. The van der Waals surface area contributed by atoms with Gasteiger partial charge in [-0.15, -0.1) is 0 Å². The molecule has 42 heavy (non-hydrogen) atoms. The molecule has 0 heterocycles. The fourth-order valence-electron chi connectivity index (χ4n) is 4.22. The molecule has 0 atom stereocenters. The molecular formula is C36H52O6. The standard InChI is InChI=1S/C24H38O4.C10H8.C2H6O2/c1-3-5-7-9-11-15-19-27-23(25)21-17-13-14-18-22(21)24(26)28-20-16-12-10-8-6-4-2;1-2-6-10-8-4-3-7-9(10)5-1;3-1-2-4/h13-14,17-18H,3-12,15-16,19-20H2,1-2H3;1-8H;3-4H,1-2H2. The molecule has 0 amide bonds. The Labute approximate surface area is 253 Å². The number of benzene rings is 3. The Kier molecular flexibility index (Phi) is 22.3. The van der Waals surface area contributed by atoms with Gasteiger partial charge in [0.15, 0.2) is 0 Å². The van der Waals surface area contributed by atoms with Crippen molar-refractivity contribution in [1.29, 1.82) is 0 Å². The number of rotatable bonds is 17. The molecular weight excluding hydrogens is 528 g/mol. The summed E-state index contributed by atoms with van der Waals surface area (Å²) in [5, 5.41) is 17.9. The molecule has 232 valence electrons. The Balaban J connectivity index is 0.000000509.